The molecule has 0 aliphatic heterocycles. The van der Waals surface area contributed by atoms with Crippen LogP contribution in [0.1, 0.15) is 29.8 Å². The summed E-state index contributed by atoms with van der Waals surface area (Å²) in [6, 6.07) is 7.10. The topological polar surface area (TPSA) is 68.3 Å². The molecule has 0 fully saturated rings. The molecule has 1 aromatic carbocycles. The smallest absolute Gasteiger partial charge is 0.287 e. The standard InChI is InChI=1S/C16H18N2O2/c17-13-6-7-14-12(8-13)9-15(20-14)16(19)18-10-11-4-2-1-3-5-11/h1-2,6-9,11H,3-5,10,17H2,(H,18,19). The van der Waals surface area contributed by atoms with Gasteiger partial charge < -0.3 is 15.5 Å². The van der Waals surface area contributed by atoms with Gasteiger partial charge in [0.05, 0.1) is 0 Å². The van der Waals surface area contributed by atoms with E-state index in [1.54, 1.807) is 18.2 Å². The van der Waals surface area contributed by atoms with Crippen molar-refractivity contribution in [2.75, 3.05) is 12.3 Å². The molecule has 0 bridgehead atoms. The second-order valence-corrected chi connectivity index (χ2v) is 5.27. The summed E-state index contributed by atoms with van der Waals surface area (Å²) in [5.74, 6) is 0.718. The first kappa shape index (κ1) is 12.8. The van der Waals surface area contributed by atoms with E-state index in [0.717, 1.165) is 24.6 Å². The van der Waals surface area contributed by atoms with E-state index in [2.05, 4.69) is 17.5 Å². The summed E-state index contributed by atoms with van der Waals surface area (Å²) in [5, 5.41) is 3.80. The van der Waals surface area contributed by atoms with Crippen LogP contribution in [0.4, 0.5) is 5.69 Å². The van der Waals surface area contributed by atoms with Crippen LogP contribution < -0.4 is 11.1 Å². The number of carbonyl (C=O) groups excluding carboxylic acids is 1. The highest BCUT2D eigenvalue weighted by Crippen LogP contribution is 2.22. The van der Waals surface area contributed by atoms with Crippen molar-refractivity contribution in [1.82, 2.24) is 5.32 Å². The van der Waals surface area contributed by atoms with Crippen molar-refractivity contribution in [1.29, 1.82) is 0 Å². The third kappa shape index (κ3) is 2.69. The molecule has 20 heavy (non-hydrogen) atoms. The first-order chi connectivity index (χ1) is 9.72. The van der Waals surface area contributed by atoms with Crippen LogP contribution in [0.25, 0.3) is 11.0 Å². The number of amides is 1. The number of benzene rings is 1. The molecule has 0 radical (unpaired) electrons. The van der Waals surface area contributed by atoms with Crippen LogP contribution in [0, 0.1) is 5.92 Å². The number of furan rings is 1. The molecule has 1 heterocycles. The highest BCUT2D eigenvalue weighted by molar-refractivity contribution is 5.96. The van der Waals surface area contributed by atoms with Gasteiger partial charge in [0.25, 0.3) is 5.91 Å². The fraction of sp³-hybridized carbons (Fsp3) is 0.312. The SMILES string of the molecule is Nc1ccc2oc(C(=O)NCC3CC=CCC3)cc2c1. The molecule has 1 aromatic heterocycles. The van der Waals surface area contributed by atoms with E-state index in [1.807, 2.05) is 6.07 Å². The van der Waals surface area contributed by atoms with Crippen LogP contribution in [-0.2, 0) is 0 Å². The molecule has 1 atom stereocenters. The number of rotatable bonds is 3. The molecule has 3 rings (SSSR count). The molecule has 2 aromatic rings. The average molecular weight is 270 g/mol. The van der Waals surface area contributed by atoms with Crippen LogP contribution in [0.3, 0.4) is 0 Å². The van der Waals surface area contributed by atoms with Crippen molar-refractivity contribution in [2.45, 2.75) is 19.3 Å². The lowest BCUT2D eigenvalue weighted by Gasteiger charge is -2.17. The monoisotopic (exact) mass is 270 g/mol. The highest BCUT2D eigenvalue weighted by atomic mass is 16.3. The van der Waals surface area contributed by atoms with Crippen LogP contribution in [0.2, 0.25) is 0 Å². The van der Waals surface area contributed by atoms with Gasteiger partial charge in [0.15, 0.2) is 5.76 Å². The first-order valence-corrected chi connectivity index (χ1v) is 6.94. The summed E-state index contributed by atoms with van der Waals surface area (Å²) >= 11 is 0. The van der Waals surface area contributed by atoms with E-state index in [0.29, 0.717) is 29.5 Å². The molecular weight excluding hydrogens is 252 g/mol. The van der Waals surface area contributed by atoms with E-state index in [4.69, 9.17) is 10.2 Å². The number of anilines is 1. The van der Waals surface area contributed by atoms with Gasteiger partial charge in [0, 0.05) is 17.6 Å². The zero-order valence-electron chi connectivity index (χ0n) is 11.3. The Labute approximate surface area is 117 Å². The Kier molecular flexibility index (Phi) is 3.46. The molecule has 0 saturated heterocycles. The third-order valence-electron chi connectivity index (χ3n) is 3.69. The minimum absolute atomic E-state index is 0.158. The average Bonchev–Trinajstić information content (AvgIpc) is 2.89. The van der Waals surface area contributed by atoms with Crippen molar-refractivity contribution in [3.63, 3.8) is 0 Å². The number of fused-ring (bicyclic) bond motifs is 1. The molecule has 0 spiro atoms. The minimum atomic E-state index is -0.158. The van der Waals surface area contributed by atoms with Crippen molar-refractivity contribution in [3.8, 4) is 0 Å². The van der Waals surface area contributed by atoms with Gasteiger partial charge in [-0.2, -0.15) is 0 Å². The number of nitrogen functional groups attached to an aromatic ring is 1. The van der Waals surface area contributed by atoms with Gasteiger partial charge in [0.1, 0.15) is 5.58 Å². The summed E-state index contributed by atoms with van der Waals surface area (Å²) in [5.41, 5.74) is 7.07. The van der Waals surface area contributed by atoms with Crippen molar-refractivity contribution >= 4 is 22.6 Å². The molecular formula is C16H18N2O2. The number of nitrogens with one attached hydrogen (secondary N) is 1. The van der Waals surface area contributed by atoms with Crippen LogP contribution in [-0.4, -0.2) is 12.5 Å². The van der Waals surface area contributed by atoms with E-state index >= 15 is 0 Å². The Bertz CT molecular complexity index is 658. The predicted octanol–water partition coefficient (Wildman–Crippen LogP) is 3.10. The molecule has 1 aliphatic rings. The van der Waals surface area contributed by atoms with Gasteiger partial charge >= 0.3 is 0 Å². The number of allylic oxidation sites excluding steroid dienone is 2. The summed E-state index contributed by atoms with van der Waals surface area (Å²) < 4.78 is 5.54. The fourth-order valence-electron chi connectivity index (χ4n) is 2.54. The molecule has 3 N–H and O–H groups in total. The van der Waals surface area contributed by atoms with Crippen LogP contribution in [0.15, 0.2) is 40.8 Å². The number of nitrogens with two attached hydrogens (primary N) is 1. The maximum absolute atomic E-state index is 12.1. The Morgan fingerprint density at radius 2 is 2.25 bits per heavy atom. The summed E-state index contributed by atoms with van der Waals surface area (Å²) in [6.07, 6.45) is 7.65. The van der Waals surface area contributed by atoms with Gasteiger partial charge in [-0.25, -0.2) is 0 Å². The van der Waals surface area contributed by atoms with E-state index < -0.39 is 0 Å². The third-order valence-corrected chi connectivity index (χ3v) is 3.69. The number of carbonyl (C=O) groups is 1. The summed E-state index contributed by atoms with van der Waals surface area (Å²) in [7, 11) is 0. The van der Waals surface area contributed by atoms with Gasteiger partial charge in [-0.05, 0) is 49.4 Å². The zero-order valence-corrected chi connectivity index (χ0v) is 11.3. The molecule has 0 saturated carbocycles. The highest BCUT2D eigenvalue weighted by Gasteiger charge is 2.15. The molecule has 4 nitrogen and oxygen atoms in total. The predicted molar refractivity (Wildman–Crippen MR) is 79.4 cm³/mol. The Morgan fingerprint density at radius 1 is 1.35 bits per heavy atom. The van der Waals surface area contributed by atoms with E-state index in [1.165, 1.54) is 0 Å². The second-order valence-electron chi connectivity index (χ2n) is 5.27. The maximum atomic E-state index is 12.1. The van der Waals surface area contributed by atoms with Crippen molar-refractivity contribution in [3.05, 3.63) is 42.2 Å². The van der Waals surface area contributed by atoms with Crippen LogP contribution >= 0.6 is 0 Å². The maximum Gasteiger partial charge on any atom is 0.287 e. The molecule has 104 valence electrons. The lowest BCUT2D eigenvalue weighted by Crippen LogP contribution is -2.29. The van der Waals surface area contributed by atoms with E-state index in [-0.39, 0.29) is 5.91 Å². The lowest BCUT2D eigenvalue weighted by atomic mass is 9.94. The minimum Gasteiger partial charge on any atom is -0.451 e. The number of hydrogen-bond donors (Lipinski definition) is 2. The fourth-order valence-corrected chi connectivity index (χ4v) is 2.54. The van der Waals surface area contributed by atoms with Crippen LogP contribution in [0.5, 0.6) is 0 Å². The quantitative estimate of drug-likeness (QED) is 0.665. The van der Waals surface area contributed by atoms with Crippen molar-refractivity contribution < 1.29 is 9.21 Å². The van der Waals surface area contributed by atoms with Gasteiger partial charge in [-0.1, -0.05) is 12.2 Å². The molecule has 1 aliphatic carbocycles. The summed E-state index contributed by atoms with van der Waals surface area (Å²) in [6.45, 7) is 0.697. The Balaban J connectivity index is 1.67. The molecule has 1 amide bonds. The lowest BCUT2D eigenvalue weighted by molar-refractivity contribution is 0.0920. The number of hydrogen-bond acceptors (Lipinski definition) is 3. The first-order valence-electron chi connectivity index (χ1n) is 6.94. The second kappa shape index (κ2) is 5.41. The zero-order chi connectivity index (χ0) is 13.9. The van der Waals surface area contributed by atoms with Gasteiger partial charge in [-0.3, -0.25) is 4.79 Å². The van der Waals surface area contributed by atoms with E-state index in [9.17, 15) is 4.79 Å². The summed E-state index contributed by atoms with van der Waals surface area (Å²) in [4.78, 5) is 12.1. The van der Waals surface area contributed by atoms with Crippen molar-refractivity contribution in [2.24, 2.45) is 5.92 Å². The molecule has 1 unspecified atom stereocenters. The normalized spacial score (nSPS) is 18.3. The Morgan fingerprint density at radius 3 is 3.05 bits per heavy atom. The van der Waals surface area contributed by atoms with Gasteiger partial charge in [0.2, 0.25) is 0 Å². The molecule has 4 heteroatoms. The van der Waals surface area contributed by atoms with Gasteiger partial charge in [-0.15, -0.1) is 0 Å². The Hall–Kier alpha value is -2.23. The largest absolute Gasteiger partial charge is 0.451 e.